The van der Waals surface area contributed by atoms with Gasteiger partial charge in [0, 0.05) is 19.3 Å². The van der Waals surface area contributed by atoms with E-state index < -0.39 is 7.12 Å². The van der Waals surface area contributed by atoms with E-state index in [0.29, 0.717) is 5.46 Å². The quantitative estimate of drug-likeness (QED) is 0.797. The van der Waals surface area contributed by atoms with Gasteiger partial charge in [0.25, 0.3) is 0 Å². The Labute approximate surface area is 119 Å². The summed E-state index contributed by atoms with van der Waals surface area (Å²) in [5.41, 5.74) is 2.70. The van der Waals surface area contributed by atoms with Gasteiger partial charge in [-0.1, -0.05) is 24.3 Å². The van der Waals surface area contributed by atoms with Crippen LogP contribution in [0.4, 0.5) is 5.69 Å². The molecule has 2 rings (SSSR count). The monoisotopic (exact) mass is 271 g/mol. The molecule has 0 amide bonds. The molecule has 2 aromatic rings. The number of anilines is 1. The highest BCUT2D eigenvalue weighted by Gasteiger charge is 2.10. The van der Waals surface area contributed by atoms with Gasteiger partial charge in [-0.25, -0.2) is 0 Å². The van der Waals surface area contributed by atoms with Crippen LogP contribution in [0.25, 0.3) is 0 Å². The van der Waals surface area contributed by atoms with E-state index in [2.05, 4.69) is 4.90 Å². The van der Waals surface area contributed by atoms with Crippen LogP contribution in [0.15, 0.2) is 48.5 Å². The number of nitrogens with zero attached hydrogens (tertiary/aromatic N) is 1. The third-order valence-corrected chi connectivity index (χ3v) is 3.21. The zero-order chi connectivity index (χ0) is 14.5. The lowest BCUT2D eigenvalue weighted by Crippen LogP contribution is -2.29. The van der Waals surface area contributed by atoms with E-state index in [1.165, 1.54) is 0 Å². The molecule has 0 aliphatic carbocycles. The normalized spacial score (nSPS) is 10.2. The maximum atomic E-state index is 9.06. The van der Waals surface area contributed by atoms with E-state index in [1.807, 2.05) is 43.4 Å². The molecular weight excluding hydrogens is 253 g/mol. The maximum Gasteiger partial charge on any atom is 0.488 e. The van der Waals surface area contributed by atoms with Crippen LogP contribution in [0.5, 0.6) is 5.75 Å². The van der Waals surface area contributed by atoms with Gasteiger partial charge in [0.1, 0.15) is 5.75 Å². The van der Waals surface area contributed by atoms with Crippen molar-refractivity contribution in [3.05, 3.63) is 54.1 Å². The fourth-order valence-electron chi connectivity index (χ4n) is 2.00. The summed E-state index contributed by atoms with van der Waals surface area (Å²) in [4.78, 5) is 2.11. The fraction of sp³-hybridized carbons (Fsp3) is 0.200. The van der Waals surface area contributed by atoms with E-state index in [-0.39, 0.29) is 0 Å². The second kappa shape index (κ2) is 6.46. The van der Waals surface area contributed by atoms with Gasteiger partial charge >= 0.3 is 7.12 Å². The Balaban J connectivity index is 2.04. The molecular formula is C15H18BNO3. The molecule has 2 N–H and O–H groups in total. The summed E-state index contributed by atoms with van der Waals surface area (Å²) >= 11 is 0. The third kappa shape index (κ3) is 3.53. The minimum Gasteiger partial charge on any atom is -0.497 e. The molecule has 0 spiro atoms. The number of hydrogen-bond donors (Lipinski definition) is 2. The highest BCUT2D eigenvalue weighted by atomic mass is 16.5. The summed E-state index contributed by atoms with van der Waals surface area (Å²) in [6, 6.07) is 15.1. The summed E-state index contributed by atoms with van der Waals surface area (Å²) in [6.07, 6.45) is 0. The predicted octanol–water partition coefficient (Wildman–Crippen LogP) is 1.01. The van der Waals surface area contributed by atoms with E-state index in [0.717, 1.165) is 23.5 Å². The van der Waals surface area contributed by atoms with Crippen molar-refractivity contribution >= 4 is 18.3 Å². The van der Waals surface area contributed by atoms with Crippen LogP contribution < -0.4 is 15.1 Å². The van der Waals surface area contributed by atoms with Crippen LogP contribution in [-0.2, 0) is 6.54 Å². The fourth-order valence-corrected chi connectivity index (χ4v) is 2.00. The number of methoxy groups -OCH3 is 1. The second-order valence-corrected chi connectivity index (χ2v) is 4.67. The van der Waals surface area contributed by atoms with Gasteiger partial charge in [-0.3, -0.25) is 0 Å². The minimum atomic E-state index is -1.41. The second-order valence-electron chi connectivity index (χ2n) is 4.67. The lowest BCUT2D eigenvalue weighted by atomic mass is 9.80. The zero-order valence-electron chi connectivity index (χ0n) is 11.7. The summed E-state index contributed by atoms with van der Waals surface area (Å²) in [5.74, 6) is 0.837. The van der Waals surface area contributed by atoms with Gasteiger partial charge in [-0.15, -0.1) is 0 Å². The van der Waals surface area contributed by atoms with E-state index in [1.54, 1.807) is 19.2 Å². The molecule has 0 aliphatic heterocycles. The van der Waals surface area contributed by atoms with Crippen molar-refractivity contribution in [1.29, 1.82) is 0 Å². The van der Waals surface area contributed by atoms with Crippen LogP contribution in [0, 0.1) is 0 Å². The SMILES string of the molecule is COc1ccc(N(C)Cc2ccc(B(O)O)cc2)cc1. The van der Waals surface area contributed by atoms with Crippen LogP contribution in [-0.4, -0.2) is 31.3 Å². The first-order valence-electron chi connectivity index (χ1n) is 6.40. The lowest BCUT2D eigenvalue weighted by molar-refractivity contribution is 0.415. The molecule has 4 nitrogen and oxygen atoms in total. The van der Waals surface area contributed by atoms with Crippen LogP contribution >= 0.6 is 0 Å². The van der Waals surface area contributed by atoms with Crippen LogP contribution in [0.2, 0.25) is 0 Å². The number of hydrogen-bond acceptors (Lipinski definition) is 4. The van der Waals surface area contributed by atoms with Gasteiger partial charge in [-0.2, -0.15) is 0 Å². The van der Waals surface area contributed by atoms with E-state index in [9.17, 15) is 0 Å². The van der Waals surface area contributed by atoms with Crippen molar-refractivity contribution in [3.8, 4) is 5.75 Å². The molecule has 0 saturated carbocycles. The first-order valence-corrected chi connectivity index (χ1v) is 6.40. The predicted molar refractivity (Wildman–Crippen MR) is 81.4 cm³/mol. The maximum absolute atomic E-state index is 9.06. The van der Waals surface area contributed by atoms with E-state index >= 15 is 0 Å². The van der Waals surface area contributed by atoms with Crippen molar-refractivity contribution in [2.75, 3.05) is 19.1 Å². The average Bonchev–Trinajstić information content (AvgIpc) is 2.48. The zero-order valence-corrected chi connectivity index (χ0v) is 11.7. The van der Waals surface area contributed by atoms with Gasteiger partial charge in [0.05, 0.1) is 7.11 Å². The number of rotatable bonds is 5. The Morgan fingerprint density at radius 3 is 2.10 bits per heavy atom. The van der Waals surface area contributed by atoms with Crippen molar-refractivity contribution in [2.45, 2.75) is 6.54 Å². The average molecular weight is 271 g/mol. The first-order chi connectivity index (χ1) is 9.60. The summed E-state index contributed by atoms with van der Waals surface area (Å²) in [7, 11) is 2.25. The minimum absolute atomic E-state index is 0.501. The van der Waals surface area contributed by atoms with Crippen LogP contribution in [0.3, 0.4) is 0 Å². The summed E-state index contributed by atoms with van der Waals surface area (Å²) < 4.78 is 5.14. The van der Waals surface area contributed by atoms with Crippen molar-refractivity contribution in [1.82, 2.24) is 0 Å². The topological polar surface area (TPSA) is 52.9 Å². The Bertz CT molecular complexity index is 540. The molecule has 20 heavy (non-hydrogen) atoms. The van der Waals surface area contributed by atoms with Crippen LogP contribution in [0.1, 0.15) is 5.56 Å². The molecule has 2 aromatic carbocycles. The molecule has 0 heterocycles. The van der Waals surface area contributed by atoms with Gasteiger partial charge < -0.3 is 19.7 Å². The molecule has 5 heteroatoms. The Morgan fingerprint density at radius 1 is 1.00 bits per heavy atom. The Hall–Kier alpha value is -1.98. The Morgan fingerprint density at radius 2 is 1.60 bits per heavy atom. The summed E-state index contributed by atoms with van der Waals surface area (Å²) in [5, 5.41) is 18.1. The highest BCUT2D eigenvalue weighted by Crippen LogP contribution is 2.19. The highest BCUT2D eigenvalue weighted by molar-refractivity contribution is 6.58. The number of ether oxygens (including phenoxy) is 1. The van der Waals surface area contributed by atoms with Crippen molar-refractivity contribution in [3.63, 3.8) is 0 Å². The molecule has 0 bridgehead atoms. The molecule has 0 fully saturated rings. The first kappa shape index (κ1) is 14.4. The molecule has 0 aliphatic rings. The lowest BCUT2D eigenvalue weighted by Gasteiger charge is -2.19. The van der Waals surface area contributed by atoms with Crippen molar-refractivity contribution < 1.29 is 14.8 Å². The van der Waals surface area contributed by atoms with Gasteiger partial charge in [-0.05, 0) is 35.3 Å². The molecule has 104 valence electrons. The van der Waals surface area contributed by atoms with Gasteiger partial charge in [0.2, 0.25) is 0 Å². The van der Waals surface area contributed by atoms with Gasteiger partial charge in [0.15, 0.2) is 0 Å². The summed E-state index contributed by atoms with van der Waals surface area (Å²) in [6.45, 7) is 0.744. The van der Waals surface area contributed by atoms with Crippen molar-refractivity contribution in [2.24, 2.45) is 0 Å². The molecule has 0 aromatic heterocycles. The van der Waals surface area contributed by atoms with E-state index in [4.69, 9.17) is 14.8 Å². The standard InChI is InChI=1S/C15H18BNO3/c1-17(14-7-9-15(20-2)10-8-14)11-12-3-5-13(6-4-12)16(18)19/h3-10,18-19H,11H2,1-2H3. The third-order valence-electron chi connectivity index (χ3n) is 3.21. The Kier molecular flexibility index (Phi) is 4.66. The molecule has 0 radical (unpaired) electrons. The molecule has 0 saturated heterocycles. The smallest absolute Gasteiger partial charge is 0.488 e. The molecule has 0 unspecified atom stereocenters. The largest absolute Gasteiger partial charge is 0.497 e. The molecule has 0 atom stereocenters. The number of benzene rings is 2.